The minimum absolute atomic E-state index is 0.106. The Hall–Kier alpha value is -1.24. The van der Waals surface area contributed by atoms with Crippen LogP contribution in [0, 0.1) is 0 Å². The lowest BCUT2D eigenvalue weighted by molar-refractivity contribution is 0.0769. The molecule has 1 rings (SSSR count). The summed E-state index contributed by atoms with van der Waals surface area (Å²) < 4.78 is 28.2. The number of hydrogen-bond donors (Lipinski definition) is 1. The summed E-state index contributed by atoms with van der Waals surface area (Å²) in [5, 5.41) is 2.66. The Bertz CT molecular complexity index is 326. The lowest BCUT2D eigenvalue weighted by Gasteiger charge is -2.05. The molecule has 0 aliphatic rings. The molecule has 1 aromatic rings. The SMILES string of the molecule is CCNc1nc(Cl)nc(OCC(F)F)n1. The van der Waals surface area contributed by atoms with Gasteiger partial charge in [-0.2, -0.15) is 15.0 Å². The van der Waals surface area contributed by atoms with E-state index >= 15 is 0 Å². The quantitative estimate of drug-likeness (QED) is 0.844. The fourth-order valence-corrected chi connectivity index (χ4v) is 0.924. The molecule has 84 valence electrons. The Kier molecular flexibility index (Phi) is 4.41. The molecule has 8 heteroatoms. The largest absolute Gasteiger partial charge is 0.457 e. The highest BCUT2D eigenvalue weighted by atomic mass is 35.5. The Morgan fingerprint density at radius 3 is 2.73 bits per heavy atom. The zero-order chi connectivity index (χ0) is 11.3. The third kappa shape index (κ3) is 4.20. The molecule has 0 atom stereocenters. The van der Waals surface area contributed by atoms with Gasteiger partial charge in [0, 0.05) is 6.54 Å². The van der Waals surface area contributed by atoms with E-state index in [4.69, 9.17) is 11.6 Å². The third-order valence-electron chi connectivity index (χ3n) is 1.26. The van der Waals surface area contributed by atoms with Crippen molar-refractivity contribution in [1.29, 1.82) is 0 Å². The Labute approximate surface area is 89.8 Å². The number of hydrogen-bond acceptors (Lipinski definition) is 5. The maximum atomic E-state index is 11.8. The summed E-state index contributed by atoms with van der Waals surface area (Å²) >= 11 is 5.53. The molecule has 0 spiro atoms. The second-order valence-electron chi connectivity index (χ2n) is 2.44. The van der Waals surface area contributed by atoms with E-state index in [1.807, 2.05) is 6.92 Å². The van der Waals surface area contributed by atoms with Crippen LogP contribution < -0.4 is 10.1 Å². The van der Waals surface area contributed by atoms with Gasteiger partial charge in [0.05, 0.1) is 0 Å². The molecule has 5 nitrogen and oxygen atoms in total. The van der Waals surface area contributed by atoms with Gasteiger partial charge in [0.1, 0.15) is 0 Å². The van der Waals surface area contributed by atoms with Crippen LogP contribution in [-0.4, -0.2) is 34.5 Å². The summed E-state index contributed by atoms with van der Waals surface area (Å²) in [6.07, 6.45) is -2.58. The molecule has 0 bridgehead atoms. The fourth-order valence-electron chi connectivity index (χ4n) is 0.771. The number of ether oxygens (including phenoxy) is 1. The van der Waals surface area contributed by atoms with Gasteiger partial charge in [-0.1, -0.05) is 0 Å². The van der Waals surface area contributed by atoms with Gasteiger partial charge < -0.3 is 10.1 Å². The first kappa shape index (κ1) is 11.8. The Morgan fingerprint density at radius 2 is 2.13 bits per heavy atom. The lowest BCUT2D eigenvalue weighted by Crippen LogP contribution is -2.11. The van der Waals surface area contributed by atoms with E-state index in [1.165, 1.54) is 0 Å². The minimum atomic E-state index is -2.58. The van der Waals surface area contributed by atoms with Crippen LogP contribution in [0.4, 0.5) is 14.7 Å². The first-order valence-corrected chi connectivity index (χ1v) is 4.56. The first-order valence-electron chi connectivity index (χ1n) is 4.18. The van der Waals surface area contributed by atoms with E-state index in [0.717, 1.165) is 0 Å². The van der Waals surface area contributed by atoms with E-state index in [2.05, 4.69) is 25.0 Å². The predicted octanol–water partition coefficient (Wildman–Crippen LogP) is 1.60. The molecule has 0 aromatic carbocycles. The molecular weight excluding hydrogens is 230 g/mol. The van der Waals surface area contributed by atoms with Crippen LogP contribution in [-0.2, 0) is 0 Å². The van der Waals surface area contributed by atoms with Crippen molar-refractivity contribution in [2.75, 3.05) is 18.5 Å². The topological polar surface area (TPSA) is 59.9 Å². The van der Waals surface area contributed by atoms with Crippen LogP contribution in [0.2, 0.25) is 5.28 Å². The van der Waals surface area contributed by atoms with E-state index in [0.29, 0.717) is 6.54 Å². The average Bonchev–Trinajstić information content (AvgIpc) is 2.14. The van der Waals surface area contributed by atoms with Crippen molar-refractivity contribution in [3.05, 3.63) is 5.28 Å². The molecular formula is C7H9ClF2N4O. The van der Waals surface area contributed by atoms with Crippen molar-refractivity contribution in [3.63, 3.8) is 0 Å². The number of aromatic nitrogens is 3. The van der Waals surface area contributed by atoms with Crippen molar-refractivity contribution >= 4 is 17.5 Å². The smallest absolute Gasteiger partial charge is 0.322 e. The molecule has 0 radical (unpaired) electrons. The standard InChI is InChI=1S/C7H9ClF2N4O/c1-2-11-6-12-5(8)13-7(14-6)15-3-4(9)10/h4H,2-3H2,1H3,(H,11,12,13,14). The van der Waals surface area contributed by atoms with Gasteiger partial charge in [0.2, 0.25) is 11.2 Å². The number of halogens is 3. The molecule has 0 fully saturated rings. The molecule has 1 N–H and O–H groups in total. The van der Waals surface area contributed by atoms with Crippen molar-refractivity contribution in [2.45, 2.75) is 13.3 Å². The van der Waals surface area contributed by atoms with E-state index in [1.54, 1.807) is 0 Å². The summed E-state index contributed by atoms with van der Waals surface area (Å²) in [4.78, 5) is 11.0. The summed E-state index contributed by atoms with van der Waals surface area (Å²) in [5.41, 5.74) is 0. The molecule has 1 aromatic heterocycles. The van der Waals surface area contributed by atoms with Crippen LogP contribution in [0.3, 0.4) is 0 Å². The molecule has 0 aliphatic carbocycles. The van der Waals surface area contributed by atoms with E-state index < -0.39 is 13.0 Å². The average molecular weight is 239 g/mol. The zero-order valence-electron chi connectivity index (χ0n) is 7.88. The van der Waals surface area contributed by atoms with Crippen LogP contribution in [0.5, 0.6) is 6.01 Å². The summed E-state index contributed by atoms with van der Waals surface area (Å²) in [5.74, 6) is 0.196. The predicted molar refractivity (Wildman–Crippen MR) is 50.5 cm³/mol. The lowest BCUT2D eigenvalue weighted by atomic mass is 10.7. The maximum absolute atomic E-state index is 11.8. The molecule has 0 aliphatic heterocycles. The molecule has 0 amide bonds. The molecule has 1 heterocycles. The summed E-state index contributed by atoms with van der Waals surface area (Å²) in [6.45, 7) is 1.64. The van der Waals surface area contributed by atoms with E-state index in [9.17, 15) is 8.78 Å². The van der Waals surface area contributed by atoms with Crippen LogP contribution in [0.25, 0.3) is 0 Å². The van der Waals surface area contributed by atoms with Crippen molar-refractivity contribution in [2.24, 2.45) is 0 Å². The minimum Gasteiger partial charge on any atom is -0.457 e. The number of anilines is 1. The van der Waals surface area contributed by atoms with Crippen molar-refractivity contribution in [3.8, 4) is 6.01 Å². The normalized spacial score (nSPS) is 10.5. The van der Waals surface area contributed by atoms with Crippen molar-refractivity contribution in [1.82, 2.24) is 15.0 Å². The molecule has 0 saturated carbocycles. The molecule has 15 heavy (non-hydrogen) atoms. The Balaban J connectivity index is 2.70. The fraction of sp³-hybridized carbons (Fsp3) is 0.571. The highest BCUT2D eigenvalue weighted by Crippen LogP contribution is 2.11. The summed E-state index contributed by atoms with van der Waals surface area (Å²) in [6, 6.07) is -0.216. The van der Waals surface area contributed by atoms with Gasteiger partial charge in [0.25, 0.3) is 6.43 Å². The van der Waals surface area contributed by atoms with E-state index in [-0.39, 0.29) is 17.2 Å². The van der Waals surface area contributed by atoms with Gasteiger partial charge in [0.15, 0.2) is 6.61 Å². The second kappa shape index (κ2) is 5.59. The van der Waals surface area contributed by atoms with Crippen LogP contribution in [0.15, 0.2) is 0 Å². The number of nitrogens with zero attached hydrogens (tertiary/aromatic N) is 3. The number of rotatable bonds is 5. The first-order chi connectivity index (χ1) is 7.11. The van der Waals surface area contributed by atoms with Gasteiger partial charge >= 0.3 is 6.01 Å². The van der Waals surface area contributed by atoms with Crippen molar-refractivity contribution < 1.29 is 13.5 Å². The molecule has 0 unspecified atom stereocenters. The highest BCUT2D eigenvalue weighted by molar-refractivity contribution is 6.28. The number of nitrogens with one attached hydrogen (secondary N) is 1. The highest BCUT2D eigenvalue weighted by Gasteiger charge is 2.08. The second-order valence-corrected chi connectivity index (χ2v) is 2.78. The van der Waals surface area contributed by atoms with Gasteiger partial charge in [-0.25, -0.2) is 8.78 Å². The zero-order valence-corrected chi connectivity index (χ0v) is 8.63. The third-order valence-corrected chi connectivity index (χ3v) is 1.43. The van der Waals surface area contributed by atoms with Crippen LogP contribution >= 0.6 is 11.6 Å². The molecule has 0 saturated heterocycles. The van der Waals surface area contributed by atoms with Gasteiger partial charge in [-0.05, 0) is 18.5 Å². The Morgan fingerprint density at radius 1 is 1.40 bits per heavy atom. The van der Waals surface area contributed by atoms with Crippen LogP contribution in [0.1, 0.15) is 6.92 Å². The van der Waals surface area contributed by atoms with Gasteiger partial charge in [-0.15, -0.1) is 0 Å². The number of alkyl halides is 2. The van der Waals surface area contributed by atoms with Gasteiger partial charge in [-0.3, -0.25) is 0 Å². The maximum Gasteiger partial charge on any atom is 0.322 e. The summed E-state index contributed by atoms with van der Waals surface area (Å²) in [7, 11) is 0. The monoisotopic (exact) mass is 238 g/mol.